The lowest BCUT2D eigenvalue weighted by atomic mass is 10.0. The molecule has 16 nitrogen and oxygen atoms in total. The average molecular weight is 803 g/mol. The normalized spacial score (nSPS) is 15.7. The minimum absolute atomic E-state index is 0.00351. The van der Waals surface area contributed by atoms with E-state index in [1.54, 1.807) is 6.20 Å². The predicted octanol–water partition coefficient (Wildman–Crippen LogP) is -0.921. The third-order valence-corrected chi connectivity index (χ3v) is 11.2. The molecule has 12 N–H and O–H groups in total. The molecular formula is C37H54N8O8S2. The number of aromatic amines is 1. The first-order valence-corrected chi connectivity index (χ1v) is 20.5. The number of carbonyl (C=O) groups excluding carboxylic acids is 5. The summed E-state index contributed by atoms with van der Waals surface area (Å²) in [6, 6.07) is 10.6. The Labute approximate surface area is 328 Å². The number of nitrogens with one attached hydrogen (secondary N) is 7. The van der Waals surface area contributed by atoms with E-state index in [2.05, 4.69) is 36.9 Å². The fourth-order valence-electron chi connectivity index (χ4n) is 5.49. The van der Waals surface area contributed by atoms with Gasteiger partial charge in [-0.1, -0.05) is 77.0 Å². The Balaban J connectivity index is 1.73. The van der Waals surface area contributed by atoms with Crippen LogP contribution < -0.4 is 37.6 Å². The van der Waals surface area contributed by atoms with Gasteiger partial charge in [-0.2, -0.15) is 0 Å². The van der Waals surface area contributed by atoms with Crippen LogP contribution in [0.25, 0.3) is 10.9 Å². The lowest BCUT2D eigenvalue weighted by molar-refractivity contribution is -0.132. The Hall–Kier alpha value is -4.17. The van der Waals surface area contributed by atoms with Crippen molar-refractivity contribution in [2.75, 3.05) is 31.7 Å². The Kier molecular flexibility index (Phi) is 18.9. The fourth-order valence-corrected chi connectivity index (χ4v) is 7.85. The Morgan fingerprint density at radius 1 is 0.727 bits per heavy atom. The molecule has 0 saturated carbocycles. The van der Waals surface area contributed by atoms with E-state index in [0.29, 0.717) is 6.54 Å². The zero-order valence-electron chi connectivity index (χ0n) is 31.4. The molecule has 0 spiro atoms. The Bertz CT molecular complexity index is 1700. The molecule has 0 radical (unpaired) electrons. The molecule has 3 rings (SSSR count). The lowest BCUT2D eigenvalue weighted by Crippen LogP contribution is -2.58. The van der Waals surface area contributed by atoms with Crippen molar-refractivity contribution >= 4 is 62.0 Å². The van der Waals surface area contributed by atoms with Crippen LogP contribution in [-0.2, 0) is 36.8 Å². The Morgan fingerprint density at radius 3 is 1.89 bits per heavy atom. The largest absolute Gasteiger partial charge is 0.394 e. The number of hydrogen-bond donors (Lipinski definition) is 11. The third kappa shape index (κ3) is 14.1. The highest BCUT2D eigenvalue weighted by atomic mass is 33.1. The Morgan fingerprint density at radius 2 is 1.29 bits per heavy atom. The zero-order valence-corrected chi connectivity index (χ0v) is 33.0. The van der Waals surface area contributed by atoms with E-state index in [-0.39, 0.29) is 24.3 Å². The first-order valence-electron chi connectivity index (χ1n) is 18.0. The topological polar surface area (TPSA) is 260 Å². The van der Waals surface area contributed by atoms with Crippen LogP contribution >= 0.6 is 21.6 Å². The van der Waals surface area contributed by atoms with Gasteiger partial charge in [0.1, 0.15) is 24.2 Å². The summed E-state index contributed by atoms with van der Waals surface area (Å²) >= 11 is 0. The molecule has 1 unspecified atom stereocenters. The average Bonchev–Trinajstić information content (AvgIpc) is 3.58. The molecule has 1 heterocycles. The molecule has 5 amide bonds. The molecule has 302 valence electrons. The van der Waals surface area contributed by atoms with Crippen molar-refractivity contribution in [3.05, 3.63) is 71.9 Å². The van der Waals surface area contributed by atoms with E-state index in [9.17, 15) is 39.3 Å². The quantitative estimate of drug-likeness (QED) is 0.0411. The molecule has 2 aromatic carbocycles. The molecule has 0 aliphatic carbocycles. The van der Waals surface area contributed by atoms with Crippen molar-refractivity contribution in [3.63, 3.8) is 0 Å². The number of likely N-dealkylation sites (N-methyl/N-ethyl adjacent to an activating group) is 2. The van der Waals surface area contributed by atoms with Crippen LogP contribution in [0.1, 0.15) is 31.9 Å². The SMILES string of the molecule is CCN[C@@H](CSSC[C@H](NC(=O)[C@@H](N)C(C)O)C(=O)N[C@H](CO)[C@@H](C)O)C(=O)N[C@@H](Cc1ccccc1)C(=O)N[C@H](Cc1c[nH]c2ccccc12)C(=O)NC. The molecule has 8 atom stereocenters. The van der Waals surface area contributed by atoms with Gasteiger partial charge < -0.3 is 57.9 Å². The van der Waals surface area contributed by atoms with E-state index in [1.165, 1.54) is 42.5 Å². The lowest BCUT2D eigenvalue weighted by Gasteiger charge is -2.26. The number of amides is 5. The van der Waals surface area contributed by atoms with Gasteiger partial charge in [-0.25, -0.2) is 0 Å². The molecule has 0 saturated heterocycles. The van der Waals surface area contributed by atoms with Gasteiger partial charge in [-0.3, -0.25) is 24.0 Å². The van der Waals surface area contributed by atoms with Gasteiger partial charge in [0.15, 0.2) is 0 Å². The van der Waals surface area contributed by atoms with Gasteiger partial charge in [0, 0.05) is 48.5 Å². The second-order valence-electron chi connectivity index (χ2n) is 13.0. The second kappa shape index (κ2) is 23.0. The number of rotatable bonds is 23. The van der Waals surface area contributed by atoms with Crippen LogP contribution in [-0.4, -0.2) is 130 Å². The standard InChI is InChI=1S/C37H54N8O8S2/c1-5-40-30(19-54-55-20-31(45-37(53)32(38)22(3)48)36(52)44-29(18-46)21(2)47)35(51)42-27(15-23-11-7-6-8-12-23)34(50)43-28(33(49)39-4)16-24-17-41-26-14-10-9-13-25(24)26/h6-14,17,21-22,27-32,40-41,46-48H,5,15-16,18-20,38H2,1-4H3,(H,39,49)(H,42,51)(H,43,50)(H,44,52)(H,45,53)/t21-,22?,27+,28-,29-,30+,31+,32+/m1/s1. The van der Waals surface area contributed by atoms with Crippen LogP contribution in [0.15, 0.2) is 60.8 Å². The van der Waals surface area contributed by atoms with Gasteiger partial charge in [-0.15, -0.1) is 0 Å². The number of carbonyl (C=O) groups is 5. The molecular weight excluding hydrogens is 749 g/mol. The number of aliphatic hydroxyl groups excluding tert-OH is 3. The maximum absolute atomic E-state index is 13.9. The van der Waals surface area contributed by atoms with Crippen molar-refractivity contribution in [2.45, 2.75) is 82.1 Å². The fraction of sp³-hybridized carbons (Fsp3) is 0.486. The highest BCUT2D eigenvalue weighted by Crippen LogP contribution is 2.24. The molecule has 0 fully saturated rings. The van der Waals surface area contributed by atoms with Crippen LogP contribution in [0, 0.1) is 0 Å². The van der Waals surface area contributed by atoms with Crippen LogP contribution in [0.5, 0.6) is 0 Å². The third-order valence-electron chi connectivity index (χ3n) is 8.78. The van der Waals surface area contributed by atoms with Gasteiger partial charge in [-0.05, 0) is 37.6 Å². The summed E-state index contributed by atoms with van der Waals surface area (Å²) in [6.45, 7) is 4.44. The minimum Gasteiger partial charge on any atom is -0.394 e. The number of benzene rings is 2. The van der Waals surface area contributed by atoms with Crippen molar-refractivity contribution in [1.82, 2.24) is 36.9 Å². The van der Waals surface area contributed by atoms with E-state index < -0.39 is 84.6 Å². The number of aliphatic hydroxyl groups is 3. The predicted molar refractivity (Wildman–Crippen MR) is 215 cm³/mol. The molecule has 0 aliphatic heterocycles. The van der Waals surface area contributed by atoms with Crippen molar-refractivity contribution in [2.24, 2.45) is 5.73 Å². The first kappa shape index (κ1) is 45.2. The molecule has 3 aromatic rings. The summed E-state index contributed by atoms with van der Waals surface area (Å²) in [5.74, 6) is -2.66. The second-order valence-corrected chi connectivity index (χ2v) is 15.6. The number of nitrogens with two attached hydrogens (primary N) is 1. The number of para-hydroxylation sites is 1. The van der Waals surface area contributed by atoms with Gasteiger partial charge in [0.25, 0.3) is 0 Å². The van der Waals surface area contributed by atoms with Gasteiger partial charge in [0.05, 0.1) is 30.9 Å². The summed E-state index contributed by atoms with van der Waals surface area (Å²) in [6.07, 6.45) is -0.0946. The minimum atomic E-state index is -1.30. The van der Waals surface area contributed by atoms with E-state index >= 15 is 0 Å². The van der Waals surface area contributed by atoms with Crippen LogP contribution in [0.3, 0.4) is 0 Å². The highest BCUT2D eigenvalue weighted by molar-refractivity contribution is 8.76. The van der Waals surface area contributed by atoms with Crippen molar-refractivity contribution in [3.8, 4) is 0 Å². The van der Waals surface area contributed by atoms with Crippen molar-refractivity contribution in [1.29, 1.82) is 0 Å². The van der Waals surface area contributed by atoms with Crippen molar-refractivity contribution < 1.29 is 39.3 Å². The van der Waals surface area contributed by atoms with E-state index in [4.69, 9.17) is 5.73 Å². The number of H-pyrrole nitrogens is 1. The van der Waals surface area contributed by atoms with Gasteiger partial charge >= 0.3 is 0 Å². The highest BCUT2D eigenvalue weighted by Gasteiger charge is 2.31. The molecule has 18 heteroatoms. The summed E-state index contributed by atoms with van der Waals surface area (Å²) in [4.78, 5) is 69.7. The molecule has 1 aromatic heterocycles. The first-order chi connectivity index (χ1) is 26.3. The summed E-state index contributed by atoms with van der Waals surface area (Å²) in [5.41, 5.74) is 8.30. The van der Waals surface area contributed by atoms with E-state index in [1.807, 2.05) is 61.5 Å². The number of aromatic nitrogens is 1. The number of hydrogen-bond acceptors (Lipinski definition) is 12. The summed E-state index contributed by atoms with van der Waals surface area (Å²) in [5, 5.41) is 46.7. The maximum atomic E-state index is 13.9. The maximum Gasteiger partial charge on any atom is 0.243 e. The number of fused-ring (bicyclic) bond motifs is 1. The monoisotopic (exact) mass is 802 g/mol. The van der Waals surface area contributed by atoms with E-state index in [0.717, 1.165) is 22.0 Å². The molecule has 0 aliphatic rings. The molecule has 55 heavy (non-hydrogen) atoms. The van der Waals surface area contributed by atoms with Crippen LogP contribution in [0.2, 0.25) is 0 Å². The zero-order chi connectivity index (χ0) is 40.5. The van der Waals surface area contributed by atoms with Gasteiger partial charge in [0.2, 0.25) is 29.5 Å². The smallest absolute Gasteiger partial charge is 0.243 e. The molecule has 0 bridgehead atoms. The summed E-state index contributed by atoms with van der Waals surface area (Å²) < 4.78 is 0. The summed E-state index contributed by atoms with van der Waals surface area (Å²) in [7, 11) is 3.90. The van der Waals surface area contributed by atoms with Crippen LogP contribution in [0.4, 0.5) is 0 Å².